The quantitative estimate of drug-likeness (QED) is 0.558. The second-order valence-electron chi connectivity index (χ2n) is 7.24. The van der Waals surface area contributed by atoms with Crippen molar-refractivity contribution in [2.45, 2.75) is 49.9 Å². The normalized spacial score (nSPS) is 26.1. The van der Waals surface area contributed by atoms with Gasteiger partial charge >= 0.3 is 6.18 Å². The Labute approximate surface area is 172 Å². The van der Waals surface area contributed by atoms with Crippen LogP contribution in [0.3, 0.4) is 0 Å². The van der Waals surface area contributed by atoms with Crippen molar-refractivity contribution in [1.82, 2.24) is 15.2 Å². The first-order chi connectivity index (χ1) is 13.7. The van der Waals surface area contributed by atoms with Gasteiger partial charge in [0.05, 0.1) is 10.2 Å². The van der Waals surface area contributed by atoms with E-state index in [-0.39, 0.29) is 29.7 Å². The number of fused-ring (bicyclic) bond motifs is 7. The number of alkyl halides is 3. The molecule has 1 unspecified atom stereocenters. The number of anilines is 2. The number of aromatic nitrogens is 3. The van der Waals surface area contributed by atoms with Crippen molar-refractivity contribution in [2.24, 2.45) is 0 Å². The van der Waals surface area contributed by atoms with Crippen molar-refractivity contribution < 1.29 is 22.7 Å². The molecule has 0 aromatic carbocycles. The molecule has 0 aliphatic carbocycles. The Kier molecular flexibility index (Phi) is 5.06. The summed E-state index contributed by atoms with van der Waals surface area (Å²) in [5.74, 6) is -0.569. The molecule has 11 heteroatoms. The number of halogens is 4. The van der Waals surface area contributed by atoms with Gasteiger partial charge in [0.1, 0.15) is 5.82 Å². The summed E-state index contributed by atoms with van der Waals surface area (Å²) in [4.78, 5) is 6.67. The van der Waals surface area contributed by atoms with Gasteiger partial charge < -0.3 is 20.2 Å². The Hall–Kier alpha value is -2.14. The van der Waals surface area contributed by atoms with E-state index in [1.54, 1.807) is 12.1 Å². The Bertz CT molecular complexity index is 948. The molecule has 7 nitrogen and oxygen atoms in total. The van der Waals surface area contributed by atoms with Gasteiger partial charge in [-0.05, 0) is 54.1 Å². The highest BCUT2D eigenvalue weighted by molar-refractivity contribution is 9.10. The number of allylic oxidation sites excluding steroid dienone is 1. The average Bonchev–Trinajstić information content (AvgIpc) is 3.30. The van der Waals surface area contributed by atoms with E-state index >= 15 is 0 Å². The van der Waals surface area contributed by atoms with Gasteiger partial charge in [-0.3, -0.25) is 0 Å². The lowest BCUT2D eigenvalue weighted by atomic mass is 9.96. The van der Waals surface area contributed by atoms with Crippen molar-refractivity contribution in [3.05, 3.63) is 28.6 Å². The minimum atomic E-state index is -4.98. The van der Waals surface area contributed by atoms with E-state index in [4.69, 9.17) is 10.2 Å². The average molecular weight is 474 g/mol. The fraction of sp³-hybridized carbons (Fsp3) is 0.500. The molecule has 2 aliphatic heterocycles. The van der Waals surface area contributed by atoms with Gasteiger partial charge in [0.2, 0.25) is 5.60 Å². The summed E-state index contributed by atoms with van der Waals surface area (Å²) >= 11 is 3.48. The monoisotopic (exact) mass is 473 g/mol. The molecule has 156 valence electrons. The Balaban J connectivity index is 1.87. The summed E-state index contributed by atoms with van der Waals surface area (Å²) in [7, 11) is 0. The van der Waals surface area contributed by atoms with Crippen LogP contribution >= 0.6 is 15.9 Å². The van der Waals surface area contributed by atoms with Crippen molar-refractivity contribution in [3.8, 4) is 11.6 Å². The molecule has 0 amide bonds. The van der Waals surface area contributed by atoms with E-state index in [0.717, 1.165) is 19.4 Å². The number of nitrogens with zero attached hydrogens (tertiary/aromatic N) is 4. The van der Waals surface area contributed by atoms with Crippen LogP contribution in [-0.2, 0) is 5.60 Å². The number of hydrogen-bond donors (Lipinski definition) is 2. The fourth-order valence-electron chi connectivity index (χ4n) is 3.74. The van der Waals surface area contributed by atoms with Crippen LogP contribution in [0.1, 0.15) is 38.0 Å². The van der Waals surface area contributed by atoms with Gasteiger partial charge in [-0.2, -0.15) is 13.2 Å². The summed E-state index contributed by atoms with van der Waals surface area (Å²) < 4.78 is 46.8. The molecule has 29 heavy (non-hydrogen) atoms. The van der Waals surface area contributed by atoms with Crippen molar-refractivity contribution in [1.29, 1.82) is 0 Å². The van der Waals surface area contributed by atoms with Crippen LogP contribution in [0.15, 0.2) is 27.1 Å². The summed E-state index contributed by atoms with van der Waals surface area (Å²) in [5.41, 5.74) is 3.04. The predicted octanol–water partition coefficient (Wildman–Crippen LogP) is 3.94. The van der Waals surface area contributed by atoms with Crippen LogP contribution in [0.5, 0.6) is 0 Å². The summed E-state index contributed by atoms with van der Waals surface area (Å²) in [6.45, 7) is 0.802. The SMILES string of the molecule is Nc1cc(Br)c2nc1-c1nnc(o1)C(O)(C(F)(F)F)CC/C=C\C[C@@H]1CCCN21. The highest BCUT2D eigenvalue weighted by atomic mass is 79.9. The summed E-state index contributed by atoms with van der Waals surface area (Å²) in [5, 5.41) is 17.6. The standard InChI is InChI=1S/C18H19BrF3N5O2/c19-11-9-12(23)13-15-25-26-16(29-15)17(28,18(20,21)22)7-3-1-2-5-10-6-4-8-27(10)14(11)24-13/h1-2,9-10,28H,3-8,23H2/b2-1-/t10-,17?/m1/s1. The molecule has 1 saturated heterocycles. The van der Waals surface area contributed by atoms with E-state index in [0.29, 0.717) is 16.7 Å². The third-order valence-corrected chi connectivity index (χ3v) is 5.92. The summed E-state index contributed by atoms with van der Waals surface area (Å²) in [6, 6.07) is 1.78. The molecule has 2 aromatic rings. The van der Waals surface area contributed by atoms with E-state index in [2.05, 4.69) is 36.0 Å². The number of rotatable bonds is 0. The molecule has 0 radical (unpaired) electrons. The van der Waals surface area contributed by atoms with Gasteiger partial charge in [0.15, 0.2) is 5.69 Å². The van der Waals surface area contributed by atoms with Crippen LogP contribution in [0.4, 0.5) is 24.7 Å². The number of pyridine rings is 1. The molecule has 4 heterocycles. The molecular weight excluding hydrogens is 455 g/mol. The van der Waals surface area contributed by atoms with Gasteiger partial charge in [-0.25, -0.2) is 4.98 Å². The second kappa shape index (κ2) is 7.28. The highest BCUT2D eigenvalue weighted by Gasteiger charge is 2.58. The van der Waals surface area contributed by atoms with E-state index < -0.39 is 24.1 Å². The van der Waals surface area contributed by atoms with Crippen molar-refractivity contribution >= 4 is 27.4 Å². The van der Waals surface area contributed by atoms with Crippen LogP contribution in [0.2, 0.25) is 0 Å². The van der Waals surface area contributed by atoms with E-state index in [1.165, 1.54) is 0 Å². The molecule has 2 aliphatic rings. The fourth-order valence-corrected chi connectivity index (χ4v) is 4.31. The third kappa shape index (κ3) is 3.50. The number of nitrogens with two attached hydrogens (primary N) is 1. The third-order valence-electron chi connectivity index (χ3n) is 5.33. The maximum Gasteiger partial charge on any atom is 0.426 e. The van der Waals surface area contributed by atoms with Crippen LogP contribution < -0.4 is 10.6 Å². The van der Waals surface area contributed by atoms with Gasteiger partial charge in [-0.1, -0.05) is 12.2 Å². The zero-order valence-corrected chi connectivity index (χ0v) is 16.9. The van der Waals surface area contributed by atoms with E-state index in [9.17, 15) is 18.3 Å². The smallest absolute Gasteiger partial charge is 0.416 e. The second-order valence-corrected chi connectivity index (χ2v) is 8.09. The Morgan fingerprint density at radius 1 is 1.31 bits per heavy atom. The molecule has 0 spiro atoms. The molecule has 4 rings (SSSR count). The van der Waals surface area contributed by atoms with Crippen LogP contribution in [-0.4, -0.2) is 39.1 Å². The van der Waals surface area contributed by atoms with Gasteiger partial charge in [-0.15, -0.1) is 10.2 Å². The van der Waals surface area contributed by atoms with Gasteiger partial charge in [0.25, 0.3) is 11.8 Å². The zero-order chi connectivity index (χ0) is 20.8. The van der Waals surface area contributed by atoms with Gasteiger partial charge in [0, 0.05) is 12.6 Å². The molecule has 3 N–H and O–H groups in total. The molecule has 2 atom stereocenters. The molecule has 4 bridgehead atoms. The maximum atomic E-state index is 13.6. The molecule has 0 saturated carbocycles. The van der Waals surface area contributed by atoms with Crippen LogP contribution in [0, 0.1) is 0 Å². The number of hydrogen-bond acceptors (Lipinski definition) is 7. The first kappa shape index (κ1) is 20.1. The van der Waals surface area contributed by atoms with Crippen molar-refractivity contribution in [2.75, 3.05) is 17.2 Å². The highest BCUT2D eigenvalue weighted by Crippen LogP contribution is 2.43. The lowest BCUT2D eigenvalue weighted by Gasteiger charge is -2.27. The molecule has 2 aromatic heterocycles. The largest absolute Gasteiger partial charge is 0.426 e. The zero-order valence-electron chi connectivity index (χ0n) is 15.3. The van der Waals surface area contributed by atoms with Crippen LogP contribution in [0.25, 0.3) is 11.6 Å². The molecule has 1 fully saturated rings. The maximum absolute atomic E-state index is 13.6. The first-order valence-electron chi connectivity index (χ1n) is 9.22. The lowest BCUT2D eigenvalue weighted by molar-refractivity contribution is -0.276. The number of nitrogen functional groups attached to an aromatic ring is 1. The first-order valence-corrected chi connectivity index (χ1v) is 10.0. The Morgan fingerprint density at radius 3 is 2.86 bits per heavy atom. The minimum absolute atomic E-state index is 0.00974. The predicted molar refractivity (Wildman–Crippen MR) is 103 cm³/mol. The molecular formula is C18H19BrF3N5O2. The topological polar surface area (TPSA) is 101 Å². The lowest BCUT2D eigenvalue weighted by Crippen LogP contribution is -2.42. The Morgan fingerprint density at radius 2 is 2.10 bits per heavy atom. The number of aliphatic hydroxyl groups is 1. The van der Waals surface area contributed by atoms with Crippen molar-refractivity contribution in [3.63, 3.8) is 0 Å². The van der Waals surface area contributed by atoms with E-state index in [1.807, 2.05) is 6.08 Å². The summed E-state index contributed by atoms with van der Waals surface area (Å²) in [6.07, 6.45) is 0.474. The minimum Gasteiger partial charge on any atom is -0.416 e.